The number of likely N-dealkylation sites (tertiary alicyclic amines) is 1. The number of halogens is 1. The SMILES string of the molecule is CN=C(NCC(C)Sc1ccccc1)N1CCCC2(CNC(=O)C2)C1.I. The molecule has 26 heavy (non-hydrogen) atoms. The predicted molar refractivity (Wildman–Crippen MR) is 119 cm³/mol. The lowest BCUT2D eigenvalue weighted by Gasteiger charge is -2.41. The molecule has 0 aliphatic carbocycles. The summed E-state index contributed by atoms with van der Waals surface area (Å²) < 4.78 is 0. The summed E-state index contributed by atoms with van der Waals surface area (Å²) in [4.78, 5) is 19.8. The first-order chi connectivity index (χ1) is 12.1. The van der Waals surface area contributed by atoms with E-state index >= 15 is 0 Å². The van der Waals surface area contributed by atoms with Gasteiger partial charge >= 0.3 is 0 Å². The minimum atomic E-state index is 0. The molecule has 1 amide bonds. The van der Waals surface area contributed by atoms with Crippen molar-refractivity contribution in [3.8, 4) is 0 Å². The van der Waals surface area contributed by atoms with Gasteiger partial charge in [0.05, 0.1) is 0 Å². The van der Waals surface area contributed by atoms with E-state index in [1.54, 1.807) is 0 Å². The second-order valence-electron chi connectivity index (χ2n) is 7.15. The molecule has 2 heterocycles. The van der Waals surface area contributed by atoms with E-state index in [0.717, 1.165) is 45.0 Å². The Labute approximate surface area is 177 Å². The molecule has 2 aliphatic heterocycles. The molecule has 0 bridgehead atoms. The number of carbonyl (C=O) groups is 1. The Hall–Kier alpha value is -0.960. The summed E-state index contributed by atoms with van der Waals surface area (Å²) >= 11 is 1.87. The second-order valence-corrected chi connectivity index (χ2v) is 8.66. The molecule has 3 rings (SSSR count). The average Bonchev–Trinajstić information content (AvgIpc) is 2.96. The predicted octanol–water partition coefficient (Wildman–Crippen LogP) is 2.96. The lowest BCUT2D eigenvalue weighted by Crippen LogP contribution is -2.52. The van der Waals surface area contributed by atoms with E-state index in [1.807, 2.05) is 24.9 Å². The van der Waals surface area contributed by atoms with Crippen molar-refractivity contribution in [2.45, 2.75) is 36.3 Å². The number of thioether (sulfide) groups is 1. The van der Waals surface area contributed by atoms with E-state index in [2.05, 4.69) is 51.7 Å². The van der Waals surface area contributed by atoms with Crippen LogP contribution in [0.4, 0.5) is 0 Å². The molecule has 2 unspecified atom stereocenters. The first kappa shape index (κ1) is 21.3. The third-order valence-electron chi connectivity index (χ3n) is 5.00. The zero-order valence-electron chi connectivity index (χ0n) is 15.5. The molecule has 0 saturated carbocycles. The van der Waals surface area contributed by atoms with E-state index in [1.165, 1.54) is 4.90 Å². The number of benzene rings is 1. The van der Waals surface area contributed by atoms with Gasteiger partial charge in [0.15, 0.2) is 5.96 Å². The first-order valence-electron chi connectivity index (χ1n) is 9.04. The van der Waals surface area contributed by atoms with E-state index in [-0.39, 0.29) is 35.3 Å². The van der Waals surface area contributed by atoms with Gasteiger partial charge in [0.25, 0.3) is 0 Å². The van der Waals surface area contributed by atoms with Crippen LogP contribution in [0, 0.1) is 5.41 Å². The van der Waals surface area contributed by atoms with Crippen LogP contribution in [0.2, 0.25) is 0 Å². The smallest absolute Gasteiger partial charge is 0.220 e. The number of aliphatic imine (C=N–C) groups is 1. The number of nitrogens with one attached hydrogen (secondary N) is 2. The highest BCUT2D eigenvalue weighted by molar-refractivity contribution is 14.0. The van der Waals surface area contributed by atoms with Gasteiger partial charge in [-0.2, -0.15) is 0 Å². The van der Waals surface area contributed by atoms with Crippen molar-refractivity contribution in [1.82, 2.24) is 15.5 Å². The zero-order chi connectivity index (χ0) is 17.7. The minimum absolute atomic E-state index is 0. The summed E-state index contributed by atoms with van der Waals surface area (Å²) in [6, 6.07) is 10.5. The van der Waals surface area contributed by atoms with Gasteiger partial charge in [0, 0.05) is 55.2 Å². The molecular weight excluding hydrogens is 459 g/mol. The summed E-state index contributed by atoms with van der Waals surface area (Å²) in [6.45, 7) is 5.82. The Morgan fingerprint density at radius 3 is 2.85 bits per heavy atom. The Bertz CT molecular complexity index is 627. The van der Waals surface area contributed by atoms with Gasteiger partial charge < -0.3 is 15.5 Å². The number of carbonyl (C=O) groups excluding carboxylic acids is 1. The molecule has 2 aliphatic rings. The lowest BCUT2D eigenvalue weighted by molar-refractivity contribution is -0.119. The molecule has 7 heteroatoms. The molecule has 1 aromatic carbocycles. The van der Waals surface area contributed by atoms with Gasteiger partial charge in [-0.1, -0.05) is 25.1 Å². The lowest BCUT2D eigenvalue weighted by atomic mass is 9.79. The van der Waals surface area contributed by atoms with Crippen LogP contribution in [0.15, 0.2) is 40.2 Å². The summed E-state index contributed by atoms with van der Waals surface area (Å²) in [6.07, 6.45) is 2.89. The van der Waals surface area contributed by atoms with Crippen molar-refractivity contribution in [2.75, 3.05) is 33.2 Å². The molecule has 2 saturated heterocycles. The molecule has 144 valence electrons. The molecule has 2 fully saturated rings. The van der Waals surface area contributed by atoms with Crippen molar-refractivity contribution < 1.29 is 4.79 Å². The van der Waals surface area contributed by atoms with E-state index in [0.29, 0.717) is 11.7 Å². The van der Waals surface area contributed by atoms with Gasteiger partial charge in [0.2, 0.25) is 5.91 Å². The monoisotopic (exact) mass is 488 g/mol. The van der Waals surface area contributed by atoms with Crippen LogP contribution in [0.5, 0.6) is 0 Å². The minimum Gasteiger partial charge on any atom is -0.355 e. The van der Waals surface area contributed by atoms with E-state index in [9.17, 15) is 4.79 Å². The van der Waals surface area contributed by atoms with Gasteiger partial charge in [-0.15, -0.1) is 35.7 Å². The fraction of sp³-hybridized carbons (Fsp3) is 0.579. The number of rotatable bonds is 4. The Morgan fingerprint density at radius 2 is 2.19 bits per heavy atom. The summed E-state index contributed by atoms with van der Waals surface area (Å²) in [5, 5.41) is 6.98. The van der Waals surface area contributed by atoms with Crippen molar-refractivity contribution in [2.24, 2.45) is 10.4 Å². The Balaban J connectivity index is 0.00000243. The maximum Gasteiger partial charge on any atom is 0.220 e. The quantitative estimate of drug-likeness (QED) is 0.296. The molecule has 5 nitrogen and oxygen atoms in total. The molecule has 1 spiro atoms. The Kier molecular flexibility index (Phi) is 8.06. The van der Waals surface area contributed by atoms with Crippen LogP contribution in [0.25, 0.3) is 0 Å². The normalized spacial score (nSPS) is 24.2. The van der Waals surface area contributed by atoms with Crippen molar-refractivity contribution in [3.63, 3.8) is 0 Å². The Morgan fingerprint density at radius 1 is 1.42 bits per heavy atom. The van der Waals surface area contributed by atoms with Gasteiger partial charge in [-0.3, -0.25) is 9.79 Å². The molecule has 0 aromatic heterocycles. The van der Waals surface area contributed by atoms with Crippen molar-refractivity contribution in [1.29, 1.82) is 0 Å². The first-order valence-corrected chi connectivity index (χ1v) is 9.92. The number of amides is 1. The van der Waals surface area contributed by atoms with Crippen LogP contribution >= 0.6 is 35.7 Å². The topological polar surface area (TPSA) is 56.7 Å². The standard InChI is InChI=1S/C19H28N4OS.HI/c1-15(25-16-7-4-3-5-8-16)12-21-18(20-2)23-10-6-9-19(14-23)11-17(24)22-13-19;/h3-5,7-8,15H,6,9-14H2,1-2H3,(H,20,21)(H,22,24);1H. The number of hydrogen-bond acceptors (Lipinski definition) is 3. The van der Waals surface area contributed by atoms with Crippen LogP contribution in [-0.2, 0) is 4.79 Å². The summed E-state index contributed by atoms with van der Waals surface area (Å²) in [7, 11) is 1.84. The number of piperidine rings is 1. The highest BCUT2D eigenvalue weighted by atomic mass is 127. The maximum absolute atomic E-state index is 11.7. The molecule has 2 N–H and O–H groups in total. The average molecular weight is 488 g/mol. The molecule has 1 aromatic rings. The molecule has 2 atom stereocenters. The highest BCUT2D eigenvalue weighted by Crippen LogP contribution is 2.36. The summed E-state index contributed by atoms with van der Waals surface area (Å²) in [5.74, 6) is 1.15. The van der Waals surface area contributed by atoms with E-state index < -0.39 is 0 Å². The number of guanidine groups is 1. The van der Waals surface area contributed by atoms with Gasteiger partial charge in [-0.05, 0) is 25.0 Å². The zero-order valence-corrected chi connectivity index (χ0v) is 18.7. The molecular formula is C19H29IN4OS. The largest absolute Gasteiger partial charge is 0.355 e. The second kappa shape index (κ2) is 9.82. The van der Waals surface area contributed by atoms with Gasteiger partial charge in [0.1, 0.15) is 0 Å². The van der Waals surface area contributed by atoms with Gasteiger partial charge in [-0.25, -0.2) is 0 Å². The maximum atomic E-state index is 11.7. The van der Waals surface area contributed by atoms with Crippen LogP contribution < -0.4 is 10.6 Å². The summed E-state index contributed by atoms with van der Waals surface area (Å²) in [5.41, 5.74) is 0.0946. The van der Waals surface area contributed by atoms with Crippen LogP contribution in [-0.4, -0.2) is 55.2 Å². The van der Waals surface area contributed by atoms with Crippen LogP contribution in [0.1, 0.15) is 26.2 Å². The van der Waals surface area contributed by atoms with E-state index in [4.69, 9.17) is 0 Å². The number of hydrogen-bond donors (Lipinski definition) is 2. The fourth-order valence-electron chi connectivity index (χ4n) is 3.77. The molecule has 0 radical (unpaired) electrons. The third-order valence-corrected chi connectivity index (χ3v) is 6.11. The van der Waals surface area contributed by atoms with Crippen molar-refractivity contribution in [3.05, 3.63) is 30.3 Å². The van der Waals surface area contributed by atoms with Crippen LogP contribution in [0.3, 0.4) is 0 Å². The number of nitrogens with zero attached hydrogens (tertiary/aromatic N) is 2. The highest BCUT2D eigenvalue weighted by Gasteiger charge is 2.42. The van der Waals surface area contributed by atoms with Crippen molar-refractivity contribution >= 4 is 47.6 Å². The fourth-order valence-corrected chi connectivity index (χ4v) is 4.71. The third kappa shape index (κ3) is 5.52.